The van der Waals surface area contributed by atoms with Crippen LogP contribution in [0.1, 0.15) is 147 Å². The van der Waals surface area contributed by atoms with E-state index in [0.29, 0.717) is 23.2 Å². The molecule has 9 aromatic rings. The maximum Gasteiger partial charge on any atom is 0.242 e. The Bertz CT molecular complexity index is 3800. The molecule has 88 heavy (non-hydrogen) atoms. The summed E-state index contributed by atoms with van der Waals surface area (Å²) in [5, 5.41) is 12.7. The Morgan fingerprint density at radius 3 is 1.20 bits per heavy atom. The molecular formula is C79H90O8P+. The van der Waals surface area contributed by atoms with Gasteiger partial charge in [0.15, 0.2) is 11.1 Å². The number of benzene rings is 9. The van der Waals surface area contributed by atoms with E-state index in [4.69, 9.17) is 28.4 Å². The lowest BCUT2D eigenvalue weighted by molar-refractivity contribution is 0.103. The molecule has 0 saturated carbocycles. The Kier molecular flexibility index (Phi) is 18.7. The summed E-state index contributed by atoms with van der Waals surface area (Å²) in [5.41, 5.74) is 13.4. The highest BCUT2D eigenvalue weighted by molar-refractivity contribution is 7.91. The number of phenols is 1. The van der Waals surface area contributed by atoms with Crippen molar-refractivity contribution in [2.75, 3.05) is 0 Å². The Labute approximate surface area is 524 Å². The second-order valence-electron chi connectivity index (χ2n) is 26.4. The monoisotopic (exact) mass is 1200 g/mol. The van der Waals surface area contributed by atoms with Crippen molar-refractivity contribution in [3.8, 4) is 46.0 Å². The van der Waals surface area contributed by atoms with Gasteiger partial charge in [-0.2, -0.15) is 0 Å². The molecule has 9 rings (SSSR count). The van der Waals surface area contributed by atoms with Crippen molar-refractivity contribution >= 4 is 23.4 Å². The Morgan fingerprint density at radius 2 is 0.795 bits per heavy atom. The molecule has 0 aromatic heterocycles. The third-order valence-electron chi connectivity index (χ3n) is 16.8. The molecule has 0 spiro atoms. The molecule has 0 aliphatic carbocycles. The van der Waals surface area contributed by atoms with E-state index in [1.54, 1.807) is 18.2 Å². The molecule has 0 aliphatic heterocycles. The van der Waals surface area contributed by atoms with Crippen molar-refractivity contribution < 1.29 is 38.4 Å². The minimum atomic E-state index is -3.16. The van der Waals surface area contributed by atoms with E-state index in [1.165, 1.54) is 11.1 Å². The second kappa shape index (κ2) is 25.6. The van der Waals surface area contributed by atoms with Crippen LogP contribution in [0.4, 0.5) is 0 Å². The average molecular weight is 1200 g/mol. The topological polar surface area (TPSA) is 95.8 Å². The number of aromatic hydroxyl groups is 1. The SMILES string of the molecule is Cc1cc(C(C)(C)Oc2c(C)cc(C(C)(C)c3cc(C)c(OC(C)(C)c4cc(C)c(OC(C)(C)Cc5ccc(Oc6ccc(COc7ccc(O)cc7[P+](O)(c7ccccc7)c7ccccc7)cc6)cc5)c(C)c4)c(C)c3)cc2C)cc(C)c1OC(C)C. The van der Waals surface area contributed by atoms with Crippen LogP contribution in [-0.2, 0) is 29.6 Å². The summed E-state index contributed by atoms with van der Waals surface area (Å²) in [6, 6.07) is 58.1. The maximum atomic E-state index is 12.6. The van der Waals surface area contributed by atoms with E-state index in [9.17, 15) is 10.00 Å². The first-order valence-corrected chi connectivity index (χ1v) is 32.4. The third kappa shape index (κ3) is 14.3. The van der Waals surface area contributed by atoms with Gasteiger partial charge in [0.25, 0.3) is 0 Å². The van der Waals surface area contributed by atoms with E-state index >= 15 is 0 Å². The lowest BCUT2D eigenvalue weighted by atomic mass is 9.76. The van der Waals surface area contributed by atoms with Crippen LogP contribution in [0, 0.1) is 55.4 Å². The van der Waals surface area contributed by atoms with E-state index in [1.807, 2.05) is 97.1 Å². The molecule has 0 aliphatic rings. The van der Waals surface area contributed by atoms with Crippen LogP contribution in [0.25, 0.3) is 0 Å². The van der Waals surface area contributed by atoms with Gasteiger partial charge in [-0.05, 0) is 274 Å². The number of ether oxygens (including phenoxy) is 6. The van der Waals surface area contributed by atoms with Gasteiger partial charge >= 0.3 is 0 Å². The standard InChI is InChI=1S/C79H89O8P/c1-50(2)83-72-51(3)43-63(44-52(72)4)78(15,16)86-74-53(5)39-61(40-54(74)6)77(13,14)62-41-55(7)75(56(8)42-62)87-79(17,18)64-45-57(9)73(58(10)46-64)85-76(11,12)48-59-29-34-66(35-30-59)84-67-36-31-60(32-37-67)49-82-70-38-33-65(80)47-71(70)88(81,68-25-21-19-22-26-68)69-27-23-20-24-28-69/h19-47,50,81H,48-49H2,1-18H3/p+1. The normalized spacial score (nSPS) is 12.3. The number of hydrogen-bond acceptors (Lipinski definition) is 8. The molecule has 0 bridgehead atoms. The van der Waals surface area contributed by atoms with Gasteiger partial charge in [-0.25, -0.2) is 4.89 Å². The molecule has 458 valence electrons. The van der Waals surface area contributed by atoms with Crippen molar-refractivity contribution in [3.63, 3.8) is 0 Å². The molecule has 0 fully saturated rings. The van der Waals surface area contributed by atoms with Crippen LogP contribution < -0.4 is 44.3 Å². The lowest BCUT2D eigenvalue weighted by Gasteiger charge is -2.34. The fourth-order valence-electron chi connectivity index (χ4n) is 11.9. The summed E-state index contributed by atoms with van der Waals surface area (Å²) in [6.45, 7) is 38.9. The quantitative estimate of drug-likeness (QED) is 0.0648. The van der Waals surface area contributed by atoms with Gasteiger partial charge in [-0.3, -0.25) is 0 Å². The van der Waals surface area contributed by atoms with Crippen LogP contribution >= 0.6 is 7.49 Å². The van der Waals surface area contributed by atoms with Crippen molar-refractivity contribution in [3.05, 3.63) is 254 Å². The molecule has 0 heterocycles. The van der Waals surface area contributed by atoms with Gasteiger partial charge in [0.2, 0.25) is 7.49 Å². The average Bonchev–Trinajstić information content (AvgIpc) is 1.01. The molecule has 0 atom stereocenters. The summed E-state index contributed by atoms with van der Waals surface area (Å²) < 4.78 is 39.8. The molecular weight excluding hydrogens is 1110 g/mol. The number of phenolic OH excluding ortho intramolecular Hbond substituents is 1. The molecule has 8 nitrogen and oxygen atoms in total. The van der Waals surface area contributed by atoms with Gasteiger partial charge < -0.3 is 33.5 Å². The highest BCUT2D eigenvalue weighted by atomic mass is 31.2. The van der Waals surface area contributed by atoms with Gasteiger partial charge in [-0.1, -0.05) is 98.8 Å². The van der Waals surface area contributed by atoms with Gasteiger partial charge in [0, 0.05) is 17.9 Å². The summed E-state index contributed by atoms with van der Waals surface area (Å²) >= 11 is 0. The van der Waals surface area contributed by atoms with E-state index < -0.39 is 24.3 Å². The van der Waals surface area contributed by atoms with Crippen LogP contribution in [-0.4, -0.2) is 21.7 Å². The molecule has 0 unspecified atom stereocenters. The molecule has 9 aromatic carbocycles. The Balaban J connectivity index is 0.814. The Hall–Kier alpha value is -8.03. The first kappa shape index (κ1) is 64.4. The molecule has 9 heteroatoms. The molecule has 0 amide bonds. The van der Waals surface area contributed by atoms with E-state index in [2.05, 4.69) is 185 Å². The zero-order chi connectivity index (χ0) is 63.7. The fraction of sp³-hybridized carbons (Fsp3) is 0.316. The first-order chi connectivity index (χ1) is 41.4. The van der Waals surface area contributed by atoms with Gasteiger partial charge in [-0.15, -0.1) is 0 Å². The number of hydrogen-bond donors (Lipinski definition) is 2. The number of rotatable bonds is 22. The maximum absolute atomic E-state index is 12.6. The highest BCUT2D eigenvalue weighted by Gasteiger charge is 2.47. The summed E-state index contributed by atoms with van der Waals surface area (Å²) in [5.74, 6) is 5.62. The van der Waals surface area contributed by atoms with Gasteiger partial charge in [0.1, 0.15) is 74.3 Å². The zero-order valence-electron chi connectivity index (χ0n) is 55.0. The van der Waals surface area contributed by atoms with Crippen molar-refractivity contribution in [2.24, 2.45) is 0 Å². The van der Waals surface area contributed by atoms with E-state index in [-0.39, 0.29) is 23.9 Å². The molecule has 2 N–H and O–H groups in total. The fourth-order valence-corrected chi connectivity index (χ4v) is 14.8. The summed E-state index contributed by atoms with van der Waals surface area (Å²) in [4.78, 5) is 12.6. The van der Waals surface area contributed by atoms with Crippen molar-refractivity contribution in [1.29, 1.82) is 0 Å². The lowest BCUT2D eigenvalue weighted by Crippen LogP contribution is -2.32. The largest absolute Gasteiger partial charge is 0.508 e. The van der Waals surface area contributed by atoms with Crippen LogP contribution in [0.5, 0.6) is 46.0 Å². The van der Waals surface area contributed by atoms with Crippen LogP contribution in [0.15, 0.2) is 176 Å². The predicted octanol–water partition coefficient (Wildman–Crippen LogP) is 18.6. The first-order valence-electron chi connectivity index (χ1n) is 30.7. The van der Waals surface area contributed by atoms with E-state index in [0.717, 1.165) is 106 Å². The summed E-state index contributed by atoms with van der Waals surface area (Å²) in [7, 11) is -3.16. The van der Waals surface area contributed by atoms with Crippen LogP contribution in [0.2, 0.25) is 0 Å². The minimum absolute atomic E-state index is 0.0560. The van der Waals surface area contributed by atoms with Crippen molar-refractivity contribution in [1.82, 2.24) is 0 Å². The van der Waals surface area contributed by atoms with Crippen LogP contribution in [0.3, 0.4) is 0 Å². The smallest absolute Gasteiger partial charge is 0.242 e. The predicted molar refractivity (Wildman–Crippen MR) is 364 cm³/mol. The Morgan fingerprint density at radius 1 is 0.420 bits per heavy atom. The summed E-state index contributed by atoms with van der Waals surface area (Å²) in [6.07, 6.45) is 0.791. The zero-order valence-corrected chi connectivity index (χ0v) is 55.9. The minimum Gasteiger partial charge on any atom is -0.508 e. The third-order valence-corrected chi connectivity index (χ3v) is 19.9. The van der Waals surface area contributed by atoms with Crippen molar-refractivity contribution in [2.45, 2.75) is 166 Å². The highest BCUT2D eigenvalue weighted by Crippen LogP contribution is 2.54. The van der Waals surface area contributed by atoms with Gasteiger partial charge in [0.05, 0.1) is 6.10 Å². The molecule has 0 radical (unpaired) electrons. The second-order valence-corrected chi connectivity index (χ2v) is 29.2. The number of aryl methyl sites for hydroxylation is 8. The molecule has 0 saturated heterocycles.